The van der Waals surface area contributed by atoms with Crippen LogP contribution in [0.5, 0.6) is 0 Å². The lowest BCUT2D eigenvalue weighted by Crippen LogP contribution is -2.26. The molecule has 0 atom stereocenters. The van der Waals surface area contributed by atoms with Crippen LogP contribution in [0.1, 0.15) is 5.56 Å². The minimum absolute atomic E-state index is 0.210. The van der Waals surface area contributed by atoms with Crippen molar-refractivity contribution in [2.45, 2.75) is 17.0 Å². The molecule has 0 aliphatic heterocycles. The van der Waals surface area contributed by atoms with E-state index in [1.54, 1.807) is 24.5 Å². The van der Waals surface area contributed by atoms with E-state index in [0.717, 1.165) is 16.1 Å². The van der Waals surface area contributed by atoms with Gasteiger partial charge >= 0.3 is 0 Å². The molecule has 2 aromatic heterocycles. The van der Waals surface area contributed by atoms with Crippen LogP contribution in [0.2, 0.25) is 0 Å². The van der Waals surface area contributed by atoms with Gasteiger partial charge in [-0.3, -0.25) is 4.98 Å². The molecule has 6 nitrogen and oxygen atoms in total. The summed E-state index contributed by atoms with van der Waals surface area (Å²) in [4.78, 5) is 8.70. The minimum atomic E-state index is -3.60. The van der Waals surface area contributed by atoms with Gasteiger partial charge in [-0.25, -0.2) is 18.1 Å². The Morgan fingerprint density at radius 1 is 1.29 bits per heavy atom. The summed E-state index contributed by atoms with van der Waals surface area (Å²) in [7, 11) is -1.70. The molecule has 0 unspecified atom stereocenters. The Hall–Kier alpha value is -1.90. The van der Waals surface area contributed by atoms with Gasteiger partial charge in [0.2, 0.25) is 10.0 Å². The first-order valence-electron chi connectivity index (χ1n) is 7.42. The van der Waals surface area contributed by atoms with Crippen molar-refractivity contribution in [2.75, 3.05) is 12.3 Å². The van der Waals surface area contributed by atoms with Crippen molar-refractivity contribution in [3.05, 3.63) is 48.4 Å². The van der Waals surface area contributed by atoms with Crippen LogP contribution < -0.4 is 4.72 Å². The van der Waals surface area contributed by atoms with Gasteiger partial charge < -0.3 is 4.57 Å². The van der Waals surface area contributed by atoms with Gasteiger partial charge in [0.05, 0.1) is 5.52 Å². The summed E-state index contributed by atoms with van der Waals surface area (Å²) < 4.78 is 29.7. The smallest absolute Gasteiger partial charge is 0.242 e. The third kappa shape index (κ3) is 3.61. The van der Waals surface area contributed by atoms with Crippen molar-refractivity contribution >= 4 is 32.7 Å². The first-order chi connectivity index (χ1) is 11.5. The molecule has 0 fully saturated rings. The highest BCUT2D eigenvalue weighted by molar-refractivity contribution is 7.99. The number of hydrogen-bond acceptors (Lipinski definition) is 5. The Kier molecular flexibility index (Phi) is 4.88. The van der Waals surface area contributed by atoms with E-state index in [2.05, 4.69) is 14.7 Å². The van der Waals surface area contributed by atoms with Crippen molar-refractivity contribution in [3.8, 4) is 0 Å². The van der Waals surface area contributed by atoms with Crippen LogP contribution >= 0.6 is 11.8 Å². The van der Waals surface area contributed by atoms with Crippen molar-refractivity contribution in [1.29, 1.82) is 0 Å². The van der Waals surface area contributed by atoms with Crippen LogP contribution in [0.3, 0.4) is 0 Å². The Morgan fingerprint density at radius 2 is 2.12 bits per heavy atom. The van der Waals surface area contributed by atoms with E-state index in [0.29, 0.717) is 17.8 Å². The normalized spacial score (nSPS) is 11.9. The Labute approximate surface area is 145 Å². The summed E-state index contributed by atoms with van der Waals surface area (Å²) in [6, 6.07) is 7.11. The number of pyridine rings is 1. The fraction of sp³-hybridized carbons (Fsp3) is 0.250. The van der Waals surface area contributed by atoms with Gasteiger partial charge in [0.25, 0.3) is 0 Å². The number of aryl methyl sites for hydroxylation is 2. The number of thioether (sulfide) groups is 1. The molecular formula is C16H18N4O2S2. The van der Waals surface area contributed by atoms with Crippen molar-refractivity contribution in [2.24, 2.45) is 7.05 Å². The SMILES string of the molecule is Cc1cnc2c(S(=O)(=O)NCCSc3nccn3C)cccc2c1. The fourth-order valence-electron chi connectivity index (χ4n) is 2.35. The molecule has 3 aromatic rings. The van der Waals surface area contributed by atoms with Crippen molar-refractivity contribution < 1.29 is 8.42 Å². The average Bonchev–Trinajstić information content (AvgIpc) is 2.96. The molecule has 126 valence electrons. The minimum Gasteiger partial charge on any atom is -0.329 e. The highest BCUT2D eigenvalue weighted by Crippen LogP contribution is 2.21. The second-order valence-electron chi connectivity index (χ2n) is 5.41. The standard InChI is InChI=1S/C16H18N4O2S2/c1-12-10-13-4-3-5-14(15(13)18-11-12)24(21,22)19-7-9-23-16-17-6-8-20(16)2/h3-6,8,10-11,19H,7,9H2,1-2H3. The number of sulfonamides is 1. The number of imidazole rings is 1. The number of para-hydroxylation sites is 1. The van der Waals surface area contributed by atoms with Crippen LogP contribution in [0.15, 0.2) is 52.9 Å². The number of rotatable bonds is 6. The summed E-state index contributed by atoms with van der Waals surface area (Å²) in [5.41, 5.74) is 1.49. The Bertz CT molecular complexity index is 967. The molecular weight excluding hydrogens is 344 g/mol. The number of hydrogen-bond donors (Lipinski definition) is 1. The Balaban J connectivity index is 1.73. The molecule has 1 N–H and O–H groups in total. The van der Waals surface area contributed by atoms with Gasteiger partial charge in [-0.2, -0.15) is 0 Å². The molecule has 0 saturated carbocycles. The maximum Gasteiger partial charge on any atom is 0.242 e. The lowest BCUT2D eigenvalue weighted by atomic mass is 10.2. The Morgan fingerprint density at radius 3 is 2.88 bits per heavy atom. The molecule has 0 saturated heterocycles. The highest BCUT2D eigenvalue weighted by atomic mass is 32.2. The van der Waals surface area contributed by atoms with E-state index in [4.69, 9.17) is 0 Å². The molecule has 8 heteroatoms. The van der Waals surface area contributed by atoms with E-state index in [-0.39, 0.29) is 4.90 Å². The predicted octanol–water partition coefficient (Wildman–Crippen LogP) is 2.35. The van der Waals surface area contributed by atoms with Gasteiger partial charge in [0.1, 0.15) is 4.90 Å². The van der Waals surface area contributed by atoms with E-state index in [9.17, 15) is 8.42 Å². The van der Waals surface area contributed by atoms with Crippen LogP contribution in [0.4, 0.5) is 0 Å². The predicted molar refractivity (Wildman–Crippen MR) is 95.6 cm³/mol. The van der Waals surface area contributed by atoms with E-state index < -0.39 is 10.0 Å². The number of benzene rings is 1. The molecule has 2 heterocycles. The highest BCUT2D eigenvalue weighted by Gasteiger charge is 2.17. The van der Waals surface area contributed by atoms with Crippen LogP contribution in [-0.4, -0.2) is 35.3 Å². The fourth-order valence-corrected chi connectivity index (χ4v) is 4.47. The third-order valence-electron chi connectivity index (χ3n) is 3.50. The zero-order valence-electron chi connectivity index (χ0n) is 13.4. The number of fused-ring (bicyclic) bond motifs is 1. The zero-order valence-corrected chi connectivity index (χ0v) is 15.1. The quantitative estimate of drug-likeness (QED) is 0.538. The van der Waals surface area contributed by atoms with Gasteiger partial charge in [0, 0.05) is 43.3 Å². The number of nitrogens with zero attached hydrogens (tertiary/aromatic N) is 3. The maximum absolute atomic E-state index is 12.6. The summed E-state index contributed by atoms with van der Waals surface area (Å²) in [6.07, 6.45) is 5.25. The molecule has 0 amide bonds. The molecule has 0 aliphatic carbocycles. The summed E-state index contributed by atoms with van der Waals surface area (Å²) in [6.45, 7) is 2.25. The molecule has 0 aliphatic rings. The lowest BCUT2D eigenvalue weighted by Gasteiger charge is -2.09. The van der Waals surface area contributed by atoms with Crippen molar-refractivity contribution in [3.63, 3.8) is 0 Å². The van der Waals surface area contributed by atoms with Gasteiger partial charge in [-0.05, 0) is 24.6 Å². The summed E-state index contributed by atoms with van der Waals surface area (Å²) in [5, 5.41) is 1.68. The van der Waals surface area contributed by atoms with E-state index in [1.807, 2.05) is 36.9 Å². The summed E-state index contributed by atoms with van der Waals surface area (Å²) in [5.74, 6) is 0.599. The zero-order chi connectivity index (χ0) is 17.2. The van der Waals surface area contributed by atoms with E-state index >= 15 is 0 Å². The second-order valence-corrected chi connectivity index (χ2v) is 8.20. The average molecular weight is 362 g/mol. The van der Waals surface area contributed by atoms with Crippen LogP contribution in [0, 0.1) is 6.92 Å². The maximum atomic E-state index is 12.6. The first kappa shape index (κ1) is 16.9. The molecule has 3 rings (SSSR count). The van der Waals surface area contributed by atoms with Crippen molar-refractivity contribution in [1.82, 2.24) is 19.3 Å². The van der Waals surface area contributed by atoms with Crippen LogP contribution in [-0.2, 0) is 17.1 Å². The largest absolute Gasteiger partial charge is 0.329 e. The van der Waals surface area contributed by atoms with Crippen LogP contribution in [0.25, 0.3) is 10.9 Å². The number of nitrogens with one attached hydrogen (secondary N) is 1. The molecule has 0 radical (unpaired) electrons. The van der Waals surface area contributed by atoms with Gasteiger partial charge in [-0.1, -0.05) is 23.9 Å². The third-order valence-corrected chi connectivity index (χ3v) is 6.05. The first-order valence-corrected chi connectivity index (χ1v) is 9.89. The van der Waals surface area contributed by atoms with Gasteiger partial charge in [0.15, 0.2) is 5.16 Å². The second kappa shape index (κ2) is 6.92. The van der Waals surface area contributed by atoms with E-state index in [1.165, 1.54) is 11.8 Å². The van der Waals surface area contributed by atoms with Gasteiger partial charge in [-0.15, -0.1) is 0 Å². The monoisotopic (exact) mass is 362 g/mol. The molecule has 1 aromatic carbocycles. The topological polar surface area (TPSA) is 76.9 Å². The summed E-state index contributed by atoms with van der Waals surface area (Å²) >= 11 is 1.50. The lowest BCUT2D eigenvalue weighted by molar-refractivity contribution is 0.585. The number of aromatic nitrogens is 3. The molecule has 0 spiro atoms. The molecule has 0 bridgehead atoms. The molecule has 24 heavy (non-hydrogen) atoms.